The first-order valence-electron chi connectivity index (χ1n) is 6.91. The predicted molar refractivity (Wildman–Crippen MR) is 85.8 cm³/mol. The van der Waals surface area contributed by atoms with Crippen LogP contribution < -0.4 is 5.32 Å². The first-order valence-corrected chi connectivity index (χ1v) is 7.70. The molecule has 0 aliphatic carbocycles. The fraction of sp³-hybridized carbons (Fsp3) is 0.375. The van der Waals surface area contributed by atoms with E-state index >= 15 is 0 Å². The molecule has 1 aromatic carbocycles. The molecule has 0 spiro atoms. The summed E-state index contributed by atoms with van der Waals surface area (Å²) in [6.45, 7) is 3.42. The largest absolute Gasteiger partial charge is 0.478 e. The van der Waals surface area contributed by atoms with Crippen LogP contribution in [0.3, 0.4) is 0 Å². The van der Waals surface area contributed by atoms with E-state index < -0.39 is 5.97 Å². The molecular formula is C16H20BrNO3. The van der Waals surface area contributed by atoms with Crippen LogP contribution in [-0.4, -0.2) is 17.0 Å². The van der Waals surface area contributed by atoms with E-state index in [9.17, 15) is 14.7 Å². The maximum absolute atomic E-state index is 11.5. The maximum Gasteiger partial charge on any atom is 0.333 e. The minimum atomic E-state index is -0.988. The van der Waals surface area contributed by atoms with Crippen LogP contribution in [0.1, 0.15) is 38.7 Å². The van der Waals surface area contributed by atoms with Gasteiger partial charge in [-0.15, -0.1) is 0 Å². The van der Waals surface area contributed by atoms with E-state index in [1.807, 2.05) is 31.2 Å². The summed E-state index contributed by atoms with van der Waals surface area (Å²) < 4.78 is 0.945. The Balaban J connectivity index is 3.07. The Morgan fingerprint density at radius 2 is 1.86 bits per heavy atom. The van der Waals surface area contributed by atoms with Crippen LogP contribution in [0.25, 0.3) is 0 Å². The predicted octanol–water partition coefficient (Wildman–Crippen LogP) is 3.66. The van der Waals surface area contributed by atoms with E-state index in [0.717, 1.165) is 22.9 Å². The average Bonchev–Trinajstić information content (AvgIpc) is 2.42. The van der Waals surface area contributed by atoms with Gasteiger partial charge in [0.25, 0.3) is 0 Å². The van der Waals surface area contributed by atoms with Gasteiger partial charge in [-0.05, 0) is 30.5 Å². The molecule has 0 unspecified atom stereocenters. The Morgan fingerprint density at radius 1 is 1.24 bits per heavy atom. The van der Waals surface area contributed by atoms with E-state index in [0.29, 0.717) is 18.5 Å². The summed E-state index contributed by atoms with van der Waals surface area (Å²) >= 11 is 3.35. The molecule has 1 rings (SSSR count). The molecule has 0 atom stereocenters. The van der Waals surface area contributed by atoms with Crippen molar-refractivity contribution in [2.45, 2.75) is 39.5 Å². The first kappa shape index (κ1) is 17.4. The molecule has 0 heterocycles. The number of aliphatic carboxylic acids is 1. The Kier molecular flexibility index (Phi) is 7.15. The van der Waals surface area contributed by atoms with Gasteiger partial charge < -0.3 is 10.4 Å². The van der Waals surface area contributed by atoms with Crippen molar-refractivity contribution in [1.82, 2.24) is 5.32 Å². The number of benzene rings is 1. The third kappa shape index (κ3) is 6.12. The molecule has 21 heavy (non-hydrogen) atoms. The van der Waals surface area contributed by atoms with Crippen LogP contribution in [0.15, 0.2) is 40.0 Å². The minimum absolute atomic E-state index is 0.240. The van der Waals surface area contributed by atoms with Crippen molar-refractivity contribution in [3.05, 3.63) is 45.6 Å². The highest BCUT2D eigenvalue weighted by atomic mass is 79.9. The number of unbranched alkanes of at least 4 members (excludes halogenated alkanes) is 1. The van der Waals surface area contributed by atoms with Gasteiger partial charge in [0.2, 0.25) is 5.91 Å². The lowest BCUT2D eigenvalue weighted by Gasteiger charge is -2.13. The highest BCUT2D eigenvalue weighted by molar-refractivity contribution is 9.10. The van der Waals surface area contributed by atoms with Crippen molar-refractivity contribution in [2.24, 2.45) is 0 Å². The quantitative estimate of drug-likeness (QED) is 0.735. The second-order valence-electron chi connectivity index (χ2n) is 4.85. The molecule has 0 radical (unpaired) electrons. The number of carboxylic acid groups (broad SMARTS) is 1. The van der Waals surface area contributed by atoms with Crippen LogP contribution in [0, 0.1) is 0 Å². The zero-order valence-corrected chi connectivity index (χ0v) is 13.9. The fourth-order valence-corrected chi connectivity index (χ4v) is 2.24. The molecule has 2 N–H and O–H groups in total. The summed E-state index contributed by atoms with van der Waals surface area (Å²) in [5, 5.41) is 12.1. The highest BCUT2D eigenvalue weighted by Crippen LogP contribution is 2.18. The molecule has 0 fully saturated rings. The van der Waals surface area contributed by atoms with Gasteiger partial charge in [0.15, 0.2) is 0 Å². The summed E-state index contributed by atoms with van der Waals surface area (Å²) in [6.07, 6.45) is 2.64. The molecule has 4 nitrogen and oxygen atoms in total. The van der Waals surface area contributed by atoms with Crippen LogP contribution in [-0.2, 0) is 16.0 Å². The fourth-order valence-electron chi connectivity index (χ4n) is 1.97. The average molecular weight is 354 g/mol. The number of halogens is 1. The molecule has 0 bridgehead atoms. The number of carboxylic acids is 1. The van der Waals surface area contributed by atoms with Crippen molar-refractivity contribution in [1.29, 1.82) is 0 Å². The Morgan fingerprint density at radius 3 is 2.33 bits per heavy atom. The van der Waals surface area contributed by atoms with Crippen LogP contribution in [0.5, 0.6) is 0 Å². The second kappa shape index (κ2) is 8.62. The topological polar surface area (TPSA) is 66.4 Å². The molecule has 0 saturated heterocycles. The normalized spacial score (nSPS) is 11.8. The minimum Gasteiger partial charge on any atom is -0.478 e. The lowest BCUT2D eigenvalue weighted by molar-refractivity contribution is -0.132. The Labute approximate surface area is 133 Å². The van der Waals surface area contributed by atoms with Crippen molar-refractivity contribution >= 4 is 27.8 Å². The zero-order chi connectivity index (χ0) is 15.8. The SMILES string of the molecule is CCCC/C(NC(C)=O)=C(\Cc1ccc(Br)cc1)C(=O)O. The van der Waals surface area contributed by atoms with Gasteiger partial charge in [0.1, 0.15) is 0 Å². The molecule has 0 saturated carbocycles. The number of carbonyl (C=O) groups excluding carboxylic acids is 1. The van der Waals surface area contributed by atoms with E-state index in [-0.39, 0.29) is 11.5 Å². The van der Waals surface area contributed by atoms with Gasteiger partial charge in [-0.2, -0.15) is 0 Å². The molecule has 0 aliphatic heterocycles. The van der Waals surface area contributed by atoms with Gasteiger partial charge in [-0.3, -0.25) is 4.79 Å². The Bertz CT molecular complexity index is 535. The molecular weight excluding hydrogens is 334 g/mol. The van der Waals surface area contributed by atoms with Crippen LogP contribution >= 0.6 is 15.9 Å². The van der Waals surface area contributed by atoms with Crippen molar-refractivity contribution in [3.63, 3.8) is 0 Å². The van der Waals surface area contributed by atoms with Crippen molar-refractivity contribution < 1.29 is 14.7 Å². The third-order valence-corrected chi connectivity index (χ3v) is 3.55. The number of allylic oxidation sites excluding steroid dienone is 1. The van der Waals surface area contributed by atoms with Gasteiger partial charge in [0.05, 0.1) is 5.57 Å². The van der Waals surface area contributed by atoms with Crippen LogP contribution in [0.4, 0.5) is 0 Å². The third-order valence-electron chi connectivity index (χ3n) is 3.02. The number of carbonyl (C=O) groups is 2. The summed E-state index contributed by atoms with van der Waals surface area (Å²) in [4.78, 5) is 22.8. The molecule has 1 aromatic rings. The lowest BCUT2D eigenvalue weighted by Crippen LogP contribution is -2.24. The standard InChI is InChI=1S/C16H20BrNO3/c1-3-4-5-15(18-11(2)19)14(16(20)21)10-12-6-8-13(17)9-7-12/h6-9H,3-5,10H2,1-2H3,(H,18,19)(H,20,21)/b15-14-. The van der Waals surface area contributed by atoms with Crippen molar-refractivity contribution in [3.8, 4) is 0 Å². The molecule has 5 heteroatoms. The van der Waals surface area contributed by atoms with Gasteiger partial charge >= 0.3 is 5.97 Å². The summed E-state index contributed by atoms with van der Waals surface area (Å²) in [5.74, 6) is -1.23. The van der Waals surface area contributed by atoms with E-state index in [2.05, 4.69) is 21.2 Å². The number of hydrogen-bond acceptors (Lipinski definition) is 2. The number of hydrogen-bond donors (Lipinski definition) is 2. The van der Waals surface area contributed by atoms with Gasteiger partial charge in [0, 0.05) is 23.5 Å². The van der Waals surface area contributed by atoms with Crippen LogP contribution in [0.2, 0.25) is 0 Å². The zero-order valence-electron chi connectivity index (χ0n) is 12.3. The number of amides is 1. The van der Waals surface area contributed by atoms with E-state index in [4.69, 9.17) is 0 Å². The molecule has 0 aliphatic rings. The molecule has 0 aromatic heterocycles. The first-order chi connectivity index (χ1) is 9.93. The lowest BCUT2D eigenvalue weighted by atomic mass is 10.0. The van der Waals surface area contributed by atoms with Gasteiger partial charge in [-0.25, -0.2) is 4.79 Å². The molecule has 1 amide bonds. The highest BCUT2D eigenvalue weighted by Gasteiger charge is 2.16. The smallest absolute Gasteiger partial charge is 0.333 e. The van der Waals surface area contributed by atoms with Crippen molar-refractivity contribution in [2.75, 3.05) is 0 Å². The maximum atomic E-state index is 11.5. The number of nitrogens with one attached hydrogen (secondary N) is 1. The monoisotopic (exact) mass is 353 g/mol. The summed E-state index contributed by atoms with van der Waals surface area (Å²) in [5.41, 5.74) is 1.66. The van der Waals surface area contributed by atoms with Gasteiger partial charge in [-0.1, -0.05) is 41.4 Å². The summed E-state index contributed by atoms with van der Waals surface area (Å²) in [7, 11) is 0. The summed E-state index contributed by atoms with van der Waals surface area (Å²) in [6, 6.07) is 7.49. The second-order valence-corrected chi connectivity index (χ2v) is 5.77. The number of rotatable bonds is 7. The molecule has 114 valence electrons. The van der Waals surface area contributed by atoms with E-state index in [1.165, 1.54) is 6.92 Å². The Hall–Kier alpha value is -1.62. The van der Waals surface area contributed by atoms with E-state index in [1.54, 1.807) is 0 Å².